The Bertz CT molecular complexity index is 537. The molecule has 0 bridgehead atoms. The molecule has 5 nitrogen and oxygen atoms in total. The topological polar surface area (TPSA) is 92.8 Å². The molecule has 1 amide bonds. The third-order valence-electron chi connectivity index (χ3n) is 3.07. The standard InChI is InChI=1S/C13H16BNO4S/c1-8(16)10-4-2-3-9-7-11(14(18)19-13(9)10)20-6-5-12(15)17/h2-4,11,16,18H,1,5-7H2,(H2,15,17)/t11-/m0/s1. The fraction of sp³-hybridized carbons (Fsp3) is 0.308. The first-order valence-corrected chi connectivity index (χ1v) is 7.28. The number of aliphatic hydroxyl groups excluding tert-OH is 1. The molecule has 1 atom stereocenters. The predicted octanol–water partition coefficient (Wildman–Crippen LogP) is 1.15. The summed E-state index contributed by atoms with van der Waals surface area (Å²) in [5.41, 5.74) is 6.48. The SMILES string of the molecule is C=C(O)c1cccc2c1OB(O)[C@@H](SCCC(N)=O)C2. The van der Waals surface area contributed by atoms with Crippen LogP contribution in [-0.2, 0) is 11.2 Å². The number of aliphatic hydroxyl groups is 1. The molecule has 1 aliphatic rings. The molecule has 106 valence electrons. The number of hydrogen-bond acceptors (Lipinski definition) is 5. The van der Waals surface area contributed by atoms with Gasteiger partial charge in [0.2, 0.25) is 5.91 Å². The number of para-hydroxylation sites is 1. The Morgan fingerprint density at radius 2 is 2.35 bits per heavy atom. The van der Waals surface area contributed by atoms with Crippen LogP contribution in [0.3, 0.4) is 0 Å². The Morgan fingerprint density at radius 3 is 3.00 bits per heavy atom. The van der Waals surface area contributed by atoms with Gasteiger partial charge in [-0.1, -0.05) is 18.7 Å². The molecule has 7 heteroatoms. The van der Waals surface area contributed by atoms with Gasteiger partial charge < -0.3 is 20.5 Å². The number of amides is 1. The number of nitrogens with two attached hydrogens (primary N) is 1. The highest BCUT2D eigenvalue weighted by atomic mass is 32.2. The quantitative estimate of drug-likeness (QED) is 0.559. The Morgan fingerprint density at radius 1 is 1.60 bits per heavy atom. The Kier molecular flexibility index (Phi) is 4.62. The lowest BCUT2D eigenvalue weighted by molar-refractivity contribution is -0.117. The van der Waals surface area contributed by atoms with Crippen LogP contribution in [0.25, 0.3) is 5.76 Å². The van der Waals surface area contributed by atoms with Crippen LogP contribution >= 0.6 is 11.8 Å². The summed E-state index contributed by atoms with van der Waals surface area (Å²) in [7, 11) is -0.985. The van der Waals surface area contributed by atoms with E-state index in [1.165, 1.54) is 11.8 Å². The highest BCUT2D eigenvalue weighted by molar-refractivity contribution is 8.01. The van der Waals surface area contributed by atoms with E-state index in [2.05, 4.69) is 6.58 Å². The van der Waals surface area contributed by atoms with E-state index in [9.17, 15) is 14.9 Å². The molecule has 0 radical (unpaired) electrons. The van der Waals surface area contributed by atoms with Crippen molar-refractivity contribution in [3.63, 3.8) is 0 Å². The highest BCUT2D eigenvalue weighted by Crippen LogP contribution is 2.35. The summed E-state index contributed by atoms with van der Waals surface area (Å²) in [6.45, 7) is 3.48. The average Bonchev–Trinajstić information content (AvgIpc) is 2.38. The van der Waals surface area contributed by atoms with E-state index in [-0.39, 0.29) is 23.2 Å². The zero-order valence-electron chi connectivity index (χ0n) is 10.9. The molecule has 0 unspecified atom stereocenters. The van der Waals surface area contributed by atoms with Crippen molar-refractivity contribution in [2.24, 2.45) is 5.73 Å². The Labute approximate surface area is 122 Å². The first kappa shape index (κ1) is 14.8. The minimum absolute atomic E-state index is 0.0890. The van der Waals surface area contributed by atoms with E-state index < -0.39 is 7.12 Å². The molecule has 0 aliphatic carbocycles. The molecule has 1 aromatic rings. The zero-order chi connectivity index (χ0) is 14.7. The Hall–Kier alpha value is -1.60. The van der Waals surface area contributed by atoms with Gasteiger partial charge in [-0.3, -0.25) is 4.79 Å². The number of thioether (sulfide) groups is 1. The lowest BCUT2D eigenvalue weighted by Gasteiger charge is -2.28. The van der Waals surface area contributed by atoms with Gasteiger partial charge in [-0.05, 0) is 18.1 Å². The van der Waals surface area contributed by atoms with E-state index in [0.29, 0.717) is 23.5 Å². The van der Waals surface area contributed by atoms with Crippen molar-refractivity contribution >= 4 is 30.5 Å². The van der Waals surface area contributed by atoms with Crippen molar-refractivity contribution < 1.29 is 19.6 Å². The zero-order valence-corrected chi connectivity index (χ0v) is 11.7. The molecule has 0 fully saturated rings. The summed E-state index contributed by atoms with van der Waals surface area (Å²) in [5.74, 6) is 0.568. The van der Waals surface area contributed by atoms with Gasteiger partial charge in [-0.25, -0.2) is 0 Å². The van der Waals surface area contributed by atoms with Gasteiger partial charge in [0.05, 0.1) is 10.7 Å². The summed E-state index contributed by atoms with van der Waals surface area (Å²) >= 11 is 1.45. The molecule has 0 spiro atoms. The van der Waals surface area contributed by atoms with Crippen molar-refractivity contribution in [2.75, 3.05) is 5.75 Å². The molecule has 0 saturated heterocycles. The number of fused-ring (bicyclic) bond motifs is 1. The molecular formula is C13H16BNO4S. The maximum absolute atomic E-state index is 10.7. The van der Waals surface area contributed by atoms with Crippen LogP contribution in [0.4, 0.5) is 0 Å². The van der Waals surface area contributed by atoms with Crippen molar-refractivity contribution in [3.8, 4) is 5.75 Å². The number of rotatable bonds is 5. The lowest BCUT2D eigenvalue weighted by atomic mass is 9.77. The van der Waals surface area contributed by atoms with Crippen molar-refractivity contribution in [1.82, 2.24) is 0 Å². The number of benzene rings is 1. The fourth-order valence-corrected chi connectivity index (χ4v) is 3.22. The van der Waals surface area contributed by atoms with Crippen LogP contribution in [-0.4, -0.2) is 34.1 Å². The van der Waals surface area contributed by atoms with Gasteiger partial charge in [0.25, 0.3) is 0 Å². The van der Waals surface area contributed by atoms with Gasteiger partial charge in [0.15, 0.2) is 0 Å². The van der Waals surface area contributed by atoms with Gasteiger partial charge in [0.1, 0.15) is 11.5 Å². The maximum atomic E-state index is 10.7. The number of carbonyl (C=O) groups excluding carboxylic acids is 1. The number of hydrogen-bond donors (Lipinski definition) is 3. The highest BCUT2D eigenvalue weighted by Gasteiger charge is 2.36. The van der Waals surface area contributed by atoms with Gasteiger partial charge in [-0.15, -0.1) is 0 Å². The molecule has 1 aromatic carbocycles. The molecule has 4 N–H and O–H groups in total. The molecule has 2 rings (SSSR count). The minimum atomic E-state index is -0.985. The van der Waals surface area contributed by atoms with Crippen molar-refractivity contribution in [1.29, 1.82) is 0 Å². The summed E-state index contributed by atoms with van der Waals surface area (Å²) < 4.78 is 5.49. The van der Waals surface area contributed by atoms with Crippen LogP contribution in [0, 0.1) is 0 Å². The van der Waals surface area contributed by atoms with Gasteiger partial charge >= 0.3 is 7.12 Å². The normalized spacial score (nSPS) is 17.2. The van der Waals surface area contributed by atoms with E-state index in [4.69, 9.17) is 10.4 Å². The molecule has 20 heavy (non-hydrogen) atoms. The average molecular weight is 293 g/mol. The second kappa shape index (κ2) is 6.24. The van der Waals surface area contributed by atoms with Crippen molar-refractivity contribution in [2.45, 2.75) is 18.0 Å². The second-order valence-electron chi connectivity index (χ2n) is 4.58. The largest absolute Gasteiger partial charge is 0.536 e. The predicted molar refractivity (Wildman–Crippen MR) is 80.5 cm³/mol. The monoisotopic (exact) mass is 293 g/mol. The van der Waals surface area contributed by atoms with Gasteiger partial charge in [-0.2, -0.15) is 11.8 Å². The first-order valence-electron chi connectivity index (χ1n) is 6.24. The van der Waals surface area contributed by atoms with Crippen molar-refractivity contribution in [3.05, 3.63) is 35.9 Å². The smallest absolute Gasteiger partial charge is 0.535 e. The lowest BCUT2D eigenvalue weighted by Crippen LogP contribution is -2.40. The summed E-state index contributed by atoms with van der Waals surface area (Å²) in [5, 5.41) is 19.4. The van der Waals surface area contributed by atoms with E-state index >= 15 is 0 Å². The molecule has 0 saturated carbocycles. The summed E-state index contributed by atoms with van der Waals surface area (Å²) in [6, 6.07) is 5.38. The molecule has 0 aromatic heterocycles. The molecular weight excluding hydrogens is 277 g/mol. The van der Waals surface area contributed by atoms with Crippen LogP contribution in [0.15, 0.2) is 24.8 Å². The summed E-state index contributed by atoms with van der Waals surface area (Å²) in [6.07, 6.45) is 0.870. The second-order valence-corrected chi connectivity index (χ2v) is 5.93. The number of primary amides is 1. The van der Waals surface area contributed by atoms with E-state index in [0.717, 1.165) is 5.56 Å². The third kappa shape index (κ3) is 3.29. The maximum Gasteiger partial charge on any atom is 0.536 e. The van der Waals surface area contributed by atoms with Crippen LogP contribution in [0.1, 0.15) is 17.5 Å². The Balaban J connectivity index is 2.11. The van der Waals surface area contributed by atoms with Gasteiger partial charge in [0, 0.05) is 12.2 Å². The van der Waals surface area contributed by atoms with Crippen LogP contribution < -0.4 is 10.4 Å². The number of carbonyl (C=O) groups is 1. The minimum Gasteiger partial charge on any atom is -0.535 e. The summed E-state index contributed by atoms with van der Waals surface area (Å²) in [4.78, 5) is 10.7. The van der Waals surface area contributed by atoms with E-state index in [1.54, 1.807) is 6.07 Å². The third-order valence-corrected chi connectivity index (χ3v) is 4.33. The van der Waals surface area contributed by atoms with E-state index in [1.807, 2.05) is 12.1 Å². The molecule has 1 heterocycles. The first-order chi connectivity index (χ1) is 9.49. The molecule has 1 aliphatic heterocycles. The van der Waals surface area contributed by atoms with Crippen LogP contribution in [0.2, 0.25) is 0 Å². The fourth-order valence-electron chi connectivity index (χ4n) is 2.08. The van der Waals surface area contributed by atoms with Crippen LogP contribution in [0.5, 0.6) is 5.75 Å².